The molecule has 2 aliphatic rings. The Labute approximate surface area is 111 Å². The Morgan fingerprint density at radius 3 is 2.61 bits per heavy atom. The lowest BCUT2D eigenvalue weighted by Crippen LogP contribution is -2.19. The molecule has 0 amide bonds. The van der Waals surface area contributed by atoms with E-state index in [1.54, 1.807) is 0 Å². The molecule has 100 valence electrons. The number of hydrogen-bond acceptors (Lipinski definition) is 6. The van der Waals surface area contributed by atoms with Crippen molar-refractivity contribution >= 4 is 32.2 Å². The molecule has 0 radical (unpaired) electrons. The Hall–Kier alpha value is -0.820. The molecule has 0 bridgehead atoms. The molecule has 7 heteroatoms. The first kappa shape index (κ1) is 12.2. The van der Waals surface area contributed by atoms with Crippen molar-refractivity contribution in [1.29, 1.82) is 0 Å². The average Bonchev–Trinajstić information content (AvgIpc) is 3.15. The smallest absolute Gasteiger partial charge is 0.187 e. The molecule has 0 aromatic carbocycles. The standard InChI is InChI=1S/C11H17N3O2S2/c1-6(7-2-3-7)13-11-9(10(12)14-17-11)18(15,16)8-4-5-8/h6-8,13H,2-5H2,1H3,(H2,12,14). The summed E-state index contributed by atoms with van der Waals surface area (Å²) >= 11 is 1.16. The zero-order valence-electron chi connectivity index (χ0n) is 10.2. The second-order valence-corrected chi connectivity index (χ2v) is 8.18. The van der Waals surface area contributed by atoms with Gasteiger partial charge < -0.3 is 11.1 Å². The van der Waals surface area contributed by atoms with E-state index in [-0.39, 0.29) is 22.0 Å². The molecule has 18 heavy (non-hydrogen) atoms. The first-order chi connectivity index (χ1) is 8.50. The average molecular weight is 287 g/mol. The van der Waals surface area contributed by atoms with Crippen LogP contribution < -0.4 is 11.1 Å². The van der Waals surface area contributed by atoms with Crippen molar-refractivity contribution in [1.82, 2.24) is 4.37 Å². The van der Waals surface area contributed by atoms with Crippen molar-refractivity contribution in [2.45, 2.75) is 48.8 Å². The molecule has 5 nitrogen and oxygen atoms in total. The maximum atomic E-state index is 12.3. The number of nitrogens with one attached hydrogen (secondary N) is 1. The molecule has 0 spiro atoms. The Balaban J connectivity index is 1.90. The molecule has 3 rings (SSSR count). The van der Waals surface area contributed by atoms with Gasteiger partial charge in [-0.3, -0.25) is 0 Å². The number of rotatable bonds is 5. The number of sulfone groups is 1. The van der Waals surface area contributed by atoms with E-state index in [0.29, 0.717) is 10.9 Å². The summed E-state index contributed by atoms with van der Waals surface area (Å²) < 4.78 is 28.6. The number of anilines is 2. The van der Waals surface area contributed by atoms with Crippen LogP contribution in [-0.2, 0) is 9.84 Å². The van der Waals surface area contributed by atoms with Gasteiger partial charge >= 0.3 is 0 Å². The topological polar surface area (TPSA) is 85.1 Å². The quantitative estimate of drug-likeness (QED) is 0.863. The molecule has 0 aliphatic heterocycles. The maximum Gasteiger partial charge on any atom is 0.187 e. The highest BCUT2D eigenvalue weighted by Crippen LogP contribution is 2.42. The van der Waals surface area contributed by atoms with Crippen molar-refractivity contribution in [3.63, 3.8) is 0 Å². The number of nitrogen functional groups attached to an aromatic ring is 1. The van der Waals surface area contributed by atoms with Crippen LogP contribution in [0.25, 0.3) is 0 Å². The molecule has 2 saturated carbocycles. The van der Waals surface area contributed by atoms with Crippen molar-refractivity contribution in [2.24, 2.45) is 5.92 Å². The molecule has 1 atom stereocenters. The predicted octanol–water partition coefficient (Wildman–Crippen LogP) is 1.87. The van der Waals surface area contributed by atoms with Gasteiger partial charge in [0.15, 0.2) is 15.7 Å². The summed E-state index contributed by atoms with van der Waals surface area (Å²) in [4.78, 5) is 0.238. The van der Waals surface area contributed by atoms with E-state index in [2.05, 4.69) is 16.6 Å². The second kappa shape index (κ2) is 4.09. The van der Waals surface area contributed by atoms with Gasteiger partial charge in [0.05, 0.1) is 5.25 Å². The lowest BCUT2D eigenvalue weighted by Gasteiger charge is -2.13. The van der Waals surface area contributed by atoms with Gasteiger partial charge in [-0.2, -0.15) is 4.37 Å². The molecular weight excluding hydrogens is 270 g/mol. The monoisotopic (exact) mass is 287 g/mol. The third-order valence-corrected chi connectivity index (χ3v) is 6.86. The van der Waals surface area contributed by atoms with Crippen molar-refractivity contribution in [3.8, 4) is 0 Å². The van der Waals surface area contributed by atoms with E-state index >= 15 is 0 Å². The minimum Gasteiger partial charge on any atom is -0.382 e. The fourth-order valence-corrected chi connectivity index (χ4v) is 5.10. The van der Waals surface area contributed by atoms with Gasteiger partial charge in [-0.1, -0.05) is 0 Å². The highest BCUT2D eigenvalue weighted by molar-refractivity contribution is 7.92. The zero-order valence-corrected chi connectivity index (χ0v) is 11.9. The van der Waals surface area contributed by atoms with E-state index in [0.717, 1.165) is 24.4 Å². The molecule has 3 N–H and O–H groups in total. The Morgan fingerprint density at radius 2 is 2.06 bits per heavy atom. The van der Waals surface area contributed by atoms with E-state index in [9.17, 15) is 8.42 Å². The first-order valence-corrected chi connectivity index (χ1v) is 8.57. The number of hydrogen-bond donors (Lipinski definition) is 2. The molecule has 1 unspecified atom stereocenters. The van der Waals surface area contributed by atoms with Crippen LogP contribution in [0.2, 0.25) is 0 Å². The van der Waals surface area contributed by atoms with Crippen LogP contribution in [0.5, 0.6) is 0 Å². The van der Waals surface area contributed by atoms with Gasteiger partial charge in [-0.25, -0.2) is 8.42 Å². The number of nitrogens with zero attached hydrogens (tertiary/aromatic N) is 1. The van der Waals surface area contributed by atoms with E-state index < -0.39 is 9.84 Å². The van der Waals surface area contributed by atoms with Crippen molar-refractivity contribution in [2.75, 3.05) is 11.1 Å². The molecule has 2 aliphatic carbocycles. The fraction of sp³-hybridized carbons (Fsp3) is 0.727. The van der Waals surface area contributed by atoms with E-state index in [4.69, 9.17) is 5.73 Å². The third kappa shape index (κ3) is 2.09. The molecule has 1 aromatic rings. The van der Waals surface area contributed by atoms with Crippen LogP contribution in [0.4, 0.5) is 10.8 Å². The lowest BCUT2D eigenvalue weighted by molar-refractivity contribution is 0.595. The third-order valence-electron chi connectivity index (χ3n) is 3.61. The van der Waals surface area contributed by atoms with Gasteiger partial charge in [-0.15, -0.1) is 0 Å². The predicted molar refractivity (Wildman–Crippen MR) is 72.5 cm³/mol. The van der Waals surface area contributed by atoms with Gasteiger partial charge in [0, 0.05) is 6.04 Å². The largest absolute Gasteiger partial charge is 0.382 e. The van der Waals surface area contributed by atoms with Crippen LogP contribution in [0.1, 0.15) is 32.6 Å². The molecule has 1 aromatic heterocycles. The molecule has 0 saturated heterocycles. The van der Waals surface area contributed by atoms with E-state index in [1.807, 2.05) is 0 Å². The molecule has 1 heterocycles. The van der Waals surface area contributed by atoms with Gasteiger partial charge in [0.25, 0.3) is 0 Å². The Morgan fingerprint density at radius 1 is 1.39 bits per heavy atom. The summed E-state index contributed by atoms with van der Waals surface area (Å²) in [6.45, 7) is 2.08. The van der Waals surface area contributed by atoms with Crippen LogP contribution in [0.15, 0.2) is 4.90 Å². The highest BCUT2D eigenvalue weighted by atomic mass is 32.2. The van der Waals surface area contributed by atoms with Crippen molar-refractivity contribution in [3.05, 3.63) is 0 Å². The van der Waals surface area contributed by atoms with Gasteiger partial charge in [0.2, 0.25) is 0 Å². The summed E-state index contributed by atoms with van der Waals surface area (Å²) in [6.07, 6.45) is 3.92. The Kier molecular flexibility index (Phi) is 2.78. The molecular formula is C11H17N3O2S2. The van der Waals surface area contributed by atoms with Crippen LogP contribution in [-0.4, -0.2) is 24.1 Å². The van der Waals surface area contributed by atoms with Crippen molar-refractivity contribution < 1.29 is 8.42 Å². The highest BCUT2D eigenvalue weighted by Gasteiger charge is 2.41. The normalized spacial score (nSPS) is 21.8. The van der Waals surface area contributed by atoms with Crippen LogP contribution >= 0.6 is 11.5 Å². The minimum atomic E-state index is -3.27. The summed E-state index contributed by atoms with van der Waals surface area (Å²) in [5.74, 6) is 0.808. The Bertz CT molecular complexity index is 559. The summed E-state index contributed by atoms with van der Waals surface area (Å²) in [6, 6.07) is 0.290. The SMILES string of the molecule is CC(Nc1snc(N)c1S(=O)(=O)C1CC1)C1CC1. The van der Waals surface area contributed by atoms with Crippen LogP contribution in [0.3, 0.4) is 0 Å². The minimum absolute atomic E-state index is 0.150. The first-order valence-electron chi connectivity index (χ1n) is 6.25. The zero-order chi connectivity index (χ0) is 12.9. The summed E-state index contributed by atoms with van der Waals surface area (Å²) in [7, 11) is -3.27. The number of aromatic nitrogens is 1. The van der Waals surface area contributed by atoms with E-state index in [1.165, 1.54) is 12.8 Å². The van der Waals surface area contributed by atoms with Gasteiger partial charge in [0.1, 0.15) is 9.90 Å². The maximum absolute atomic E-state index is 12.3. The lowest BCUT2D eigenvalue weighted by atomic mass is 10.2. The van der Waals surface area contributed by atoms with Gasteiger partial charge in [-0.05, 0) is 50.1 Å². The second-order valence-electron chi connectivity index (χ2n) is 5.24. The van der Waals surface area contributed by atoms with Crippen LogP contribution in [0, 0.1) is 5.92 Å². The summed E-state index contributed by atoms with van der Waals surface area (Å²) in [5.41, 5.74) is 5.74. The molecule has 2 fully saturated rings. The summed E-state index contributed by atoms with van der Waals surface area (Å²) in [5, 5.41) is 3.66. The number of nitrogens with two attached hydrogens (primary N) is 1. The fourth-order valence-electron chi connectivity index (χ4n) is 2.13.